The first-order valence-corrected chi connectivity index (χ1v) is 6.46. The van der Waals surface area contributed by atoms with Gasteiger partial charge in [0.05, 0.1) is 17.9 Å². The van der Waals surface area contributed by atoms with Crippen molar-refractivity contribution in [2.75, 3.05) is 30.3 Å². The molecular formula is C12H21N5O. The first kappa shape index (κ1) is 12.7. The van der Waals surface area contributed by atoms with Gasteiger partial charge in [-0.25, -0.2) is 0 Å². The minimum absolute atomic E-state index is 0.0464. The van der Waals surface area contributed by atoms with E-state index in [2.05, 4.69) is 17.3 Å². The van der Waals surface area contributed by atoms with Crippen LogP contribution in [0.3, 0.4) is 0 Å². The second-order valence-electron chi connectivity index (χ2n) is 4.68. The second kappa shape index (κ2) is 5.29. The number of carbonyl (C=O) groups is 1. The first-order valence-electron chi connectivity index (χ1n) is 6.46. The van der Waals surface area contributed by atoms with Gasteiger partial charge in [-0.15, -0.1) is 0 Å². The predicted molar refractivity (Wildman–Crippen MR) is 71.5 cm³/mol. The monoisotopic (exact) mass is 251 g/mol. The number of nitrogens with zero attached hydrogens (tertiary/aromatic N) is 3. The van der Waals surface area contributed by atoms with E-state index in [4.69, 9.17) is 5.73 Å². The van der Waals surface area contributed by atoms with Crippen molar-refractivity contribution < 1.29 is 4.79 Å². The molecule has 0 spiro atoms. The smallest absolute Gasteiger partial charge is 0.239 e. The summed E-state index contributed by atoms with van der Waals surface area (Å²) in [4.78, 5) is 13.6. The van der Waals surface area contributed by atoms with E-state index in [9.17, 15) is 4.79 Å². The largest absolute Gasteiger partial charge is 0.394 e. The summed E-state index contributed by atoms with van der Waals surface area (Å²) in [6.45, 7) is 4.02. The van der Waals surface area contributed by atoms with E-state index < -0.39 is 0 Å². The van der Waals surface area contributed by atoms with Crippen LogP contribution in [0, 0.1) is 0 Å². The molecule has 2 heterocycles. The van der Waals surface area contributed by atoms with Crippen LogP contribution >= 0.6 is 0 Å². The molecule has 0 atom stereocenters. The van der Waals surface area contributed by atoms with Crippen molar-refractivity contribution in [2.24, 2.45) is 7.05 Å². The number of hydrogen-bond donors (Lipinski definition) is 2. The molecule has 0 aliphatic carbocycles. The Hall–Kier alpha value is -1.72. The Labute approximate surface area is 107 Å². The fraction of sp³-hybridized carbons (Fsp3) is 0.667. The van der Waals surface area contributed by atoms with Crippen LogP contribution in [0.1, 0.15) is 25.5 Å². The summed E-state index contributed by atoms with van der Waals surface area (Å²) in [5.74, 6) is 0.917. The lowest BCUT2D eigenvalue weighted by molar-refractivity contribution is -0.119. The highest BCUT2D eigenvalue weighted by atomic mass is 16.2. The summed E-state index contributed by atoms with van der Waals surface area (Å²) in [6, 6.07) is 0. The summed E-state index contributed by atoms with van der Waals surface area (Å²) in [5.41, 5.74) is 7.81. The Kier molecular flexibility index (Phi) is 3.74. The molecular weight excluding hydrogens is 230 g/mol. The maximum absolute atomic E-state index is 11.6. The van der Waals surface area contributed by atoms with Crippen LogP contribution in [-0.2, 0) is 18.3 Å². The fourth-order valence-electron chi connectivity index (χ4n) is 2.37. The lowest BCUT2D eigenvalue weighted by Crippen LogP contribution is -2.34. The summed E-state index contributed by atoms with van der Waals surface area (Å²) in [7, 11) is 1.88. The number of rotatable bonds is 3. The molecule has 1 aliphatic rings. The van der Waals surface area contributed by atoms with Gasteiger partial charge >= 0.3 is 0 Å². The van der Waals surface area contributed by atoms with Gasteiger partial charge in [-0.05, 0) is 12.8 Å². The average molecular weight is 251 g/mol. The molecule has 0 bridgehead atoms. The van der Waals surface area contributed by atoms with Crippen molar-refractivity contribution in [1.82, 2.24) is 15.1 Å². The van der Waals surface area contributed by atoms with Gasteiger partial charge < -0.3 is 16.0 Å². The Morgan fingerprint density at radius 3 is 3.00 bits per heavy atom. The molecule has 100 valence electrons. The molecule has 1 aromatic rings. The quantitative estimate of drug-likeness (QED) is 0.809. The standard InChI is InChI=1S/C12H21N5O/c1-3-5-9-11(13)12(16(2)15-9)17-7-4-6-14-10(18)8-17/h3-8,13H2,1-2H3,(H,14,18). The molecule has 1 amide bonds. The van der Waals surface area contributed by atoms with Crippen molar-refractivity contribution in [3.8, 4) is 0 Å². The van der Waals surface area contributed by atoms with Gasteiger partial charge in [-0.3, -0.25) is 9.48 Å². The van der Waals surface area contributed by atoms with E-state index in [1.807, 2.05) is 11.9 Å². The molecule has 3 N–H and O–H groups in total. The van der Waals surface area contributed by atoms with E-state index >= 15 is 0 Å². The minimum Gasteiger partial charge on any atom is -0.394 e. The summed E-state index contributed by atoms with van der Waals surface area (Å²) < 4.78 is 1.79. The van der Waals surface area contributed by atoms with Crippen molar-refractivity contribution in [3.05, 3.63) is 5.69 Å². The average Bonchev–Trinajstić information content (AvgIpc) is 2.51. The number of nitrogens with two attached hydrogens (primary N) is 1. The van der Waals surface area contributed by atoms with Gasteiger partial charge in [-0.2, -0.15) is 5.10 Å². The van der Waals surface area contributed by atoms with E-state index in [0.29, 0.717) is 12.2 Å². The predicted octanol–water partition coefficient (Wildman–Crippen LogP) is 0.281. The molecule has 18 heavy (non-hydrogen) atoms. The molecule has 1 fully saturated rings. The maximum Gasteiger partial charge on any atom is 0.239 e. The Bertz CT molecular complexity index is 440. The third-order valence-corrected chi connectivity index (χ3v) is 3.18. The number of amides is 1. The highest BCUT2D eigenvalue weighted by molar-refractivity contribution is 5.83. The maximum atomic E-state index is 11.6. The molecule has 2 rings (SSSR count). The molecule has 1 aliphatic heterocycles. The van der Waals surface area contributed by atoms with Crippen molar-refractivity contribution >= 4 is 17.4 Å². The number of carbonyl (C=O) groups excluding carboxylic acids is 1. The number of nitrogen functional groups attached to an aromatic ring is 1. The lowest BCUT2D eigenvalue weighted by Gasteiger charge is -2.21. The number of aromatic nitrogens is 2. The summed E-state index contributed by atoms with van der Waals surface area (Å²) >= 11 is 0. The zero-order valence-corrected chi connectivity index (χ0v) is 11.1. The zero-order valence-electron chi connectivity index (χ0n) is 11.1. The summed E-state index contributed by atoms with van der Waals surface area (Å²) in [6.07, 6.45) is 2.82. The highest BCUT2D eigenvalue weighted by Crippen LogP contribution is 2.27. The lowest BCUT2D eigenvalue weighted by atomic mass is 10.2. The third-order valence-electron chi connectivity index (χ3n) is 3.18. The molecule has 6 heteroatoms. The fourth-order valence-corrected chi connectivity index (χ4v) is 2.37. The molecule has 0 saturated carbocycles. The van der Waals surface area contributed by atoms with Gasteiger partial charge in [0, 0.05) is 20.1 Å². The van der Waals surface area contributed by atoms with E-state index in [1.165, 1.54) is 0 Å². The van der Waals surface area contributed by atoms with Crippen LogP contribution in [0.5, 0.6) is 0 Å². The van der Waals surface area contributed by atoms with Crippen LogP contribution in [0.15, 0.2) is 0 Å². The molecule has 6 nitrogen and oxygen atoms in total. The van der Waals surface area contributed by atoms with Crippen molar-refractivity contribution in [2.45, 2.75) is 26.2 Å². The molecule has 0 aromatic carbocycles. The highest BCUT2D eigenvalue weighted by Gasteiger charge is 2.22. The first-order chi connectivity index (χ1) is 8.63. The van der Waals surface area contributed by atoms with Gasteiger partial charge in [0.25, 0.3) is 0 Å². The van der Waals surface area contributed by atoms with Crippen LogP contribution in [-0.4, -0.2) is 35.3 Å². The van der Waals surface area contributed by atoms with E-state index in [0.717, 1.165) is 43.9 Å². The molecule has 0 unspecified atom stereocenters. The number of aryl methyl sites for hydroxylation is 2. The number of hydrogen-bond acceptors (Lipinski definition) is 4. The van der Waals surface area contributed by atoms with Gasteiger partial charge in [0.15, 0.2) is 5.82 Å². The molecule has 0 radical (unpaired) electrons. The van der Waals surface area contributed by atoms with Gasteiger partial charge in [-0.1, -0.05) is 13.3 Å². The van der Waals surface area contributed by atoms with Crippen LogP contribution in [0.2, 0.25) is 0 Å². The third kappa shape index (κ3) is 2.42. The SMILES string of the molecule is CCCc1nn(C)c(N2CCCNC(=O)C2)c1N. The Balaban J connectivity index is 2.28. The molecule has 1 aromatic heterocycles. The Morgan fingerprint density at radius 2 is 2.28 bits per heavy atom. The minimum atomic E-state index is 0.0464. The van der Waals surface area contributed by atoms with Crippen LogP contribution < -0.4 is 16.0 Å². The van der Waals surface area contributed by atoms with Crippen molar-refractivity contribution in [1.29, 1.82) is 0 Å². The summed E-state index contributed by atoms with van der Waals surface area (Å²) in [5, 5.41) is 7.31. The van der Waals surface area contributed by atoms with Crippen LogP contribution in [0.25, 0.3) is 0 Å². The van der Waals surface area contributed by atoms with Gasteiger partial charge in [0.1, 0.15) is 0 Å². The Morgan fingerprint density at radius 1 is 1.50 bits per heavy atom. The number of nitrogens with one attached hydrogen (secondary N) is 1. The van der Waals surface area contributed by atoms with Gasteiger partial charge in [0.2, 0.25) is 5.91 Å². The van der Waals surface area contributed by atoms with E-state index in [-0.39, 0.29) is 5.91 Å². The topological polar surface area (TPSA) is 76.2 Å². The normalized spacial score (nSPS) is 16.6. The van der Waals surface area contributed by atoms with Crippen molar-refractivity contribution in [3.63, 3.8) is 0 Å². The second-order valence-corrected chi connectivity index (χ2v) is 4.68. The van der Waals surface area contributed by atoms with Crippen LogP contribution in [0.4, 0.5) is 11.5 Å². The molecule has 1 saturated heterocycles. The van der Waals surface area contributed by atoms with E-state index in [1.54, 1.807) is 4.68 Å². The zero-order chi connectivity index (χ0) is 13.1. The number of anilines is 2.